The zero-order valence-corrected chi connectivity index (χ0v) is 12.4. The van der Waals surface area contributed by atoms with Crippen LogP contribution in [0.5, 0.6) is 0 Å². The molecule has 0 atom stereocenters. The Balaban J connectivity index is 0.00000133. The molecule has 1 aliphatic carbocycles. The third-order valence-corrected chi connectivity index (χ3v) is 4.78. The molecule has 3 heteroatoms. The number of nitrogens with two attached hydrogens (primary N) is 1. The van der Waals surface area contributed by atoms with E-state index in [9.17, 15) is 0 Å². The second-order valence-corrected chi connectivity index (χ2v) is 5.92. The fourth-order valence-electron chi connectivity index (χ4n) is 3.64. The van der Waals surface area contributed by atoms with Crippen LogP contribution >= 0.6 is 12.4 Å². The normalized spacial score (nSPS) is 22.3. The highest BCUT2D eigenvalue weighted by Crippen LogP contribution is 2.32. The Morgan fingerprint density at radius 2 is 1.47 bits per heavy atom. The van der Waals surface area contributed by atoms with E-state index in [-0.39, 0.29) is 12.4 Å². The smallest absolute Gasteiger partial charge is 0.0314 e. The number of rotatable bonds is 2. The molecule has 0 spiro atoms. The van der Waals surface area contributed by atoms with Crippen molar-refractivity contribution in [1.82, 2.24) is 4.90 Å². The van der Waals surface area contributed by atoms with Crippen LogP contribution in [0.3, 0.4) is 0 Å². The second kappa shape index (κ2) is 6.62. The summed E-state index contributed by atoms with van der Waals surface area (Å²) in [6.07, 6.45) is 8.41. The summed E-state index contributed by atoms with van der Waals surface area (Å²) in [5, 5.41) is 0. The predicted molar refractivity (Wildman–Crippen MR) is 83.9 cm³/mol. The summed E-state index contributed by atoms with van der Waals surface area (Å²) in [5.74, 6) is 0.753. The maximum atomic E-state index is 5.75. The summed E-state index contributed by atoms with van der Waals surface area (Å²) in [6.45, 7) is 2.58. The molecule has 1 aliphatic heterocycles. The molecule has 0 unspecified atom stereocenters. The van der Waals surface area contributed by atoms with Gasteiger partial charge >= 0.3 is 0 Å². The molecule has 1 heterocycles. The Morgan fingerprint density at radius 3 is 2.05 bits per heavy atom. The summed E-state index contributed by atoms with van der Waals surface area (Å²) in [6, 6.07) is 9.41. The van der Waals surface area contributed by atoms with Gasteiger partial charge < -0.3 is 10.6 Å². The van der Waals surface area contributed by atoms with Crippen LogP contribution in [0.2, 0.25) is 0 Å². The summed E-state index contributed by atoms with van der Waals surface area (Å²) in [5.41, 5.74) is 8.11. The second-order valence-electron chi connectivity index (χ2n) is 5.92. The zero-order chi connectivity index (χ0) is 12.4. The fraction of sp³-hybridized carbons (Fsp3) is 0.625. The van der Waals surface area contributed by atoms with E-state index in [2.05, 4.69) is 17.0 Å². The van der Waals surface area contributed by atoms with Gasteiger partial charge in [-0.15, -0.1) is 12.4 Å². The number of likely N-dealkylation sites (tertiary alicyclic amines) is 1. The lowest BCUT2D eigenvalue weighted by Gasteiger charge is -2.36. The largest absolute Gasteiger partial charge is 0.399 e. The first-order valence-electron chi connectivity index (χ1n) is 7.42. The van der Waals surface area contributed by atoms with Gasteiger partial charge in [0, 0.05) is 11.7 Å². The predicted octanol–water partition coefficient (Wildman–Crippen LogP) is 3.81. The van der Waals surface area contributed by atoms with Gasteiger partial charge in [0.05, 0.1) is 0 Å². The number of halogens is 1. The van der Waals surface area contributed by atoms with E-state index in [0.717, 1.165) is 17.6 Å². The molecule has 106 valence electrons. The van der Waals surface area contributed by atoms with Gasteiger partial charge in [-0.25, -0.2) is 0 Å². The number of hydrogen-bond donors (Lipinski definition) is 1. The quantitative estimate of drug-likeness (QED) is 0.835. The Labute approximate surface area is 122 Å². The fourth-order valence-corrected chi connectivity index (χ4v) is 3.64. The van der Waals surface area contributed by atoms with Crippen LogP contribution in [0, 0.1) is 0 Å². The van der Waals surface area contributed by atoms with E-state index < -0.39 is 0 Å². The minimum absolute atomic E-state index is 0. The van der Waals surface area contributed by atoms with Crippen molar-refractivity contribution in [2.45, 2.75) is 50.5 Å². The first-order valence-corrected chi connectivity index (χ1v) is 7.42. The highest BCUT2D eigenvalue weighted by Gasteiger charge is 2.27. The molecule has 1 saturated carbocycles. The average molecular weight is 281 g/mol. The third kappa shape index (κ3) is 3.43. The Bertz CT molecular complexity index is 376. The van der Waals surface area contributed by atoms with Gasteiger partial charge in [0.25, 0.3) is 0 Å². The number of hydrogen-bond acceptors (Lipinski definition) is 2. The van der Waals surface area contributed by atoms with Gasteiger partial charge in [-0.1, -0.05) is 25.0 Å². The molecule has 1 aromatic carbocycles. The molecular formula is C16H25ClN2. The van der Waals surface area contributed by atoms with Crippen LogP contribution < -0.4 is 5.73 Å². The molecule has 0 radical (unpaired) electrons. The lowest BCUT2D eigenvalue weighted by atomic mass is 9.88. The minimum atomic E-state index is 0. The van der Waals surface area contributed by atoms with Crippen LogP contribution in [-0.4, -0.2) is 24.0 Å². The molecule has 3 rings (SSSR count). The maximum absolute atomic E-state index is 5.75. The average Bonchev–Trinajstić information content (AvgIpc) is 2.94. The number of nitrogens with zero attached hydrogens (tertiary/aromatic N) is 1. The van der Waals surface area contributed by atoms with Gasteiger partial charge in [-0.2, -0.15) is 0 Å². The van der Waals surface area contributed by atoms with Crippen molar-refractivity contribution in [3.8, 4) is 0 Å². The molecule has 2 nitrogen and oxygen atoms in total. The SMILES string of the molecule is Cl.Nc1ccc(C2CCN(C3CCCC3)CC2)cc1. The lowest BCUT2D eigenvalue weighted by molar-refractivity contribution is 0.154. The molecular weight excluding hydrogens is 256 g/mol. The van der Waals surface area contributed by atoms with Crippen molar-refractivity contribution in [3.05, 3.63) is 29.8 Å². The van der Waals surface area contributed by atoms with Crippen molar-refractivity contribution in [1.29, 1.82) is 0 Å². The summed E-state index contributed by atoms with van der Waals surface area (Å²) >= 11 is 0. The van der Waals surface area contributed by atoms with Crippen molar-refractivity contribution >= 4 is 18.1 Å². The third-order valence-electron chi connectivity index (χ3n) is 4.78. The van der Waals surface area contributed by atoms with E-state index in [0.29, 0.717) is 0 Å². The van der Waals surface area contributed by atoms with Crippen molar-refractivity contribution in [2.24, 2.45) is 0 Å². The molecule has 2 aliphatic rings. The highest BCUT2D eigenvalue weighted by atomic mass is 35.5. The summed E-state index contributed by atoms with van der Waals surface area (Å²) in [4.78, 5) is 2.74. The Kier molecular flexibility index (Phi) is 5.12. The summed E-state index contributed by atoms with van der Waals surface area (Å²) < 4.78 is 0. The van der Waals surface area contributed by atoms with Gasteiger partial charge in [0.15, 0.2) is 0 Å². The topological polar surface area (TPSA) is 29.3 Å². The Hall–Kier alpha value is -0.730. The van der Waals surface area contributed by atoms with Crippen molar-refractivity contribution in [2.75, 3.05) is 18.8 Å². The molecule has 2 fully saturated rings. The number of benzene rings is 1. The molecule has 19 heavy (non-hydrogen) atoms. The van der Waals surface area contributed by atoms with Crippen LogP contribution in [0.4, 0.5) is 5.69 Å². The van der Waals surface area contributed by atoms with E-state index in [4.69, 9.17) is 5.73 Å². The van der Waals surface area contributed by atoms with E-state index in [1.807, 2.05) is 12.1 Å². The van der Waals surface area contributed by atoms with Gasteiger partial charge in [-0.05, 0) is 62.4 Å². The van der Waals surface area contributed by atoms with E-state index in [1.54, 1.807) is 0 Å². The number of piperidine rings is 1. The first kappa shape index (κ1) is 14.7. The molecule has 0 amide bonds. The van der Waals surface area contributed by atoms with Gasteiger partial charge in [0.2, 0.25) is 0 Å². The monoisotopic (exact) mass is 280 g/mol. The molecule has 0 bridgehead atoms. The van der Waals surface area contributed by atoms with Gasteiger partial charge in [-0.3, -0.25) is 0 Å². The van der Waals surface area contributed by atoms with E-state index in [1.165, 1.54) is 57.2 Å². The maximum Gasteiger partial charge on any atom is 0.0314 e. The molecule has 0 aromatic heterocycles. The Morgan fingerprint density at radius 1 is 0.895 bits per heavy atom. The molecule has 1 aromatic rings. The first-order chi connectivity index (χ1) is 8.83. The highest BCUT2D eigenvalue weighted by molar-refractivity contribution is 5.85. The van der Waals surface area contributed by atoms with Crippen LogP contribution in [0.25, 0.3) is 0 Å². The van der Waals surface area contributed by atoms with Crippen LogP contribution in [0.1, 0.15) is 50.0 Å². The summed E-state index contributed by atoms with van der Waals surface area (Å²) in [7, 11) is 0. The standard InChI is InChI=1S/C16H24N2.ClH/c17-15-7-5-13(6-8-15)14-9-11-18(12-10-14)16-3-1-2-4-16;/h5-8,14,16H,1-4,9-12,17H2;1H. The van der Waals surface area contributed by atoms with Crippen molar-refractivity contribution < 1.29 is 0 Å². The van der Waals surface area contributed by atoms with Gasteiger partial charge in [0.1, 0.15) is 0 Å². The van der Waals surface area contributed by atoms with Crippen LogP contribution in [0.15, 0.2) is 24.3 Å². The number of nitrogen functional groups attached to an aromatic ring is 1. The molecule has 1 saturated heterocycles. The van der Waals surface area contributed by atoms with Crippen LogP contribution in [-0.2, 0) is 0 Å². The van der Waals surface area contributed by atoms with E-state index >= 15 is 0 Å². The zero-order valence-electron chi connectivity index (χ0n) is 11.6. The number of anilines is 1. The lowest BCUT2D eigenvalue weighted by Crippen LogP contribution is -2.39. The molecule has 2 N–H and O–H groups in total. The minimum Gasteiger partial charge on any atom is -0.399 e. The van der Waals surface area contributed by atoms with Crippen molar-refractivity contribution in [3.63, 3.8) is 0 Å².